The summed E-state index contributed by atoms with van der Waals surface area (Å²) in [6.07, 6.45) is 9.92. The summed E-state index contributed by atoms with van der Waals surface area (Å²) >= 11 is 1.65. The monoisotopic (exact) mass is 398 g/mol. The van der Waals surface area contributed by atoms with Crippen LogP contribution >= 0.6 is 11.8 Å². The van der Waals surface area contributed by atoms with Crippen LogP contribution in [0.5, 0.6) is 11.5 Å². The lowest BCUT2D eigenvalue weighted by atomic mass is 9.92. The quantitative estimate of drug-likeness (QED) is 0.326. The molecule has 0 heterocycles. The van der Waals surface area contributed by atoms with Gasteiger partial charge >= 0.3 is 0 Å². The van der Waals surface area contributed by atoms with E-state index in [1.807, 2.05) is 103 Å². The second-order valence-electron chi connectivity index (χ2n) is 6.63. The van der Waals surface area contributed by atoms with Crippen LogP contribution in [0.2, 0.25) is 0 Å². The molecule has 1 aliphatic rings. The van der Waals surface area contributed by atoms with E-state index in [0.29, 0.717) is 0 Å². The standard InChI is InChI=1S/C26H22O2S/c1-2-25(29-24-18-10-5-11-19-24)20-12-13-21-26(25,27-22-14-6-3-7-15-22)28-23-16-8-4-9-17-23/h2-21H,1H2. The molecule has 3 heteroatoms. The SMILES string of the molecule is C=CC1(Sc2ccccc2)C=CC=CC1(Oc1ccccc1)Oc1ccccc1. The van der Waals surface area contributed by atoms with Gasteiger partial charge in [0.1, 0.15) is 16.2 Å². The van der Waals surface area contributed by atoms with Gasteiger partial charge in [0.25, 0.3) is 5.79 Å². The van der Waals surface area contributed by atoms with Crippen molar-refractivity contribution in [1.29, 1.82) is 0 Å². The van der Waals surface area contributed by atoms with Gasteiger partial charge in [-0.1, -0.05) is 78.9 Å². The first-order valence-electron chi connectivity index (χ1n) is 9.48. The molecule has 2 nitrogen and oxygen atoms in total. The maximum Gasteiger partial charge on any atom is 0.293 e. The number of thioether (sulfide) groups is 1. The first-order chi connectivity index (χ1) is 14.3. The highest BCUT2D eigenvalue weighted by molar-refractivity contribution is 8.01. The van der Waals surface area contributed by atoms with Crippen molar-refractivity contribution in [2.24, 2.45) is 0 Å². The Hall–Kier alpha value is -3.17. The Morgan fingerprint density at radius 2 is 1.14 bits per heavy atom. The van der Waals surface area contributed by atoms with Gasteiger partial charge in [0.05, 0.1) is 0 Å². The average molecular weight is 399 g/mol. The van der Waals surface area contributed by atoms with Gasteiger partial charge in [-0.2, -0.15) is 0 Å². The van der Waals surface area contributed by atoms with E-state index in [-0.39, 0.29) is 0 Å². The van der Waals surface area contributed by atoms with Crippen LogP contribution in [0.15, 0.2) is 133 Å². The fraction of sp³-hybridized carbons (Fsp3) is 0.0769. The third kappa shape index (κ3) is 4.01. The molecular weight excluding hydrogens is 376 g/mol. The third-order valence-electron chi connectivity index (χ3n) is 4.67. The lowest BCUT2D eigenvalue weighted by Crippen LogP contribution is -2.57. The fourth-order valence-corrected chi connectivity index (χ4v) is 4.45. The highest BCUT2D eigenvalue weighted by Crippen LogP contribution is 2.48. The zero-order valence-electron chi connectivity index (χ0n) is 16.0. The van der Waals surface area contributed by atoms with Crippen LogP contribution in [0, 0.1) is 0 Å². The van der Waals surface area contributed by atoms with Crippen LogP contribution in [0.4, 0.5) is 0 Å². The normalized spacial score (nSPS) is 19.4. The molecule has 0 radical (unpaired) electrons. The molecule has 0 amide bonds. The number of hydrogen-bond donors (Lipinski definition) is 0. The number of ether oxygens (including phenoxy) is 2. The van der Waals surface area contributed by atoms with Crippen LogP contribution in [0.3, 0.4) is 0 Å². The molecule has 3 aromatic rings. The van der Waals surface area contributed by atoms with Gasteiger partial charge in [0.2, 0.25) is 0 Å². The molecule has 3 aromatic carbocycles. The number of rotatable bonds is 7. The zero-order chi connectivity index (χ0) is 20.0. The smallest absolute Gasteiger partial charge is 0.293 e. The Morgan fingerprint density at radius 3 is 1.66 bits per heavy atom. The average Bonchev–Trinajstić information content (AvgIpc) is 2.77. The number of hydrogen-bond acceptors (Lipinski definition) is 3. The first kappa shape index (κ1) is 19.2. The van der Waals surface area contributed by atoms with E-state index in [2.05, 4.69) is 24.8 Å². The molecule has 1 aliphatic carbocycles. The van der Waals surface area contributed by atoms with Crippen molar-refractivity contribution in [3.05, 3.63) is 128 Å². The summed E-state index contributed by atoms with van der Waals surface area (Å²) in [4.78, 5) is 1.10. The second-order valence-corrected chi connectivity index (χ2v) is 7.98. The van der Waals surface area contributed by atoms with Gasteiger partial charge in [-0.3, -0.25) is 0 Å². The van der Waals surface area contributed by atoms with Crippen molar-refractivity contribution in [2.75, 3.05) is 0 Å². The largest absolute Gasteiger partial charge is 0.447 e. The molecule has 0 saturated heterocycles. The van der Waals surface area contributed by atoms with Crippen LogP contribution in [0.1, 0.15) is 0 Å². The Balaban J connectivity index is 1.82. The lowest BCUT2D eigenvalue weighted by molar-refractivity contribution is -0.0803. The van der Waals surface area contributed by atoms with Crippen molar-refractivity contribution < 1.29 is 9.47 Å². The maximum atomic E-state index is 6.57. The van der Waals surface area contributed by atoms with Gasteiger partial charge in [-0.15, -0.1) is 18.3 Å². The molecule has 1 atom stereocenters. The zero-order valence-corrected chi connectivity index (χ0v) is 16.8. The first-order valence-corrected chi connectivity index (χ1v) is 10.3. The van der Waals surface area contributed by atoms with E-state index in [9.17, 15) is 0 Å². The maximum absolute atomic E-state index is 6.57. The molecule has 0 spiro atoms. The fourth-order valence-electron chi connectivity index (χ4n) is 3.24. The molecule has 29 heavy (non-hydrogen) atoms. The minimum absolute atomic E-state index is 0.686. The molecule has 0 N–H and O–H groups in total. The Morgan fingerprint density at radius 1 is 0.655 bits per heavy atom. The molecule has 0 fully saturated rings. The minimum atomic E-state index is -1.12. The van der Waals surface area contributed by atoms with E-state index in [4.69, 9.17) is 9.47 Å². The van der Waals surface area contributed by atoms with E-state index in [1.54, 1.807) is 11.8 Å². The molecule has 0 saturated carbocycles. The molecular formula is C26H22O2S. The molecule has 0 aliphatic heterocycles. The Kier molecular flexibility index (Phi) is 5.59. The molecule has 0 bridgehead atoms. The van der Waals surface area contributed by atoms with Crippen molar-refractivity contribution >= 4 is 11.8 Å². The highest BCUT2D eigenvalue weighted by atomic mass is 32.2. The van der Waals surface area contributed by atoms with Crippen molar-refractivity contribution in [3.8, 4) is 11.5 Å². The van der Waals surface area contributed by atoms with Crippen LogP contribution < -0.4 is 9.47 Å². The number of benzene rings is 3. The highest BCUT2D eigenvalue weighted by Gasteiger charge is 2.53. The summed E-state index contributed by atoms with van der Waals surface area (Å²) in [5.74, 6) is 0.332. The summed E-state index contributed by atoms with van der Waals surface area (Å²) in [6.45, 7) is 4.17. The predicted octanol–water partition coefficient (Wildman–Crippen LogP) is 6.68. The van der Waals surface area contributed by atoms with Crippen molar-refractivity contribution in [1.82, 2.24) is 0 Å². The van der Waals surface area contributed by atoms with Crippen LogP contribution in [0.25, 0.3) is 0 Å². The Bertz CT molecular complexity index is 955. The molecule has 144 valence electrons. The second kappa shape index (κ2) is 8.46. The van der Waals surface area contributed by atoms with Crippen molar-refractivity contribution in [2.45, 2.75) is 15.4 Å². The van der Waals surface area contributed by atoms with Gasteiger partial charge in [-0.25, -0.2) is 0 Å². The van der Waals surface area contributed by atoms with Crippen LogP contribution in [-0.4, -0.2) is 10.5 Å². The van der Waals surface area contributed by atoms with Gasteiger partial charge in [0, 0.05) is 11.0 Å². The number of allylic oxidation sites excluding steroid dienone is 2. The van der Waals surface area contributed by atoms with E-state index in [0.717, 1.165) is 16.4 Å². The summed E-state index contributed by atoms with van der Waals surface area (Å²) in [5, 5.41) is 0. The summed E-state index contributed by atoms with van der Waals surface area (Å²) in [7, 11) is 0. The van der Waals surface area contributed by atoms with E-state index >= 15 is 0 Å². The third-order valence-corrected chi connectivity index (χ3v) is 6.11. The van der Waals surface area contributed by atoms with Crippen LogP contribution in [-0.2, 0) is 0 Å². The number of para-hydroxylation sites is 2. The molecule has 1 unspecified atom stereocenters. The topological polar surface area (TPSA) is 18.5 Å². The van der Waals surface area contributed by atoms with Crippen molar-refractivity contribution in [3.63, 3.8) is 0 Å². The lowest BCUT2D eigenvalue weighted by Gasteiger charge is -2.45. The summed E-state index contributed by atoms with van der Waals surface area (Å²) in [6, 6.07) is 29.7. The predicted molar refractivity (Wildman–Crippen MR) is 120 cm³/mol. The molecule has 4 rings (SSSR count). The van der Waals surface area contributed by atoms with Gasteiger partial charge < -0.3 is 9.47 Å². The van der Waals surface area contributed by atoms with Gasteiger partial charge in [-0.05, 0) is 36.4 Å². The summed E-state index contributed by atoms with van der Waals surface area (Å²) < 4.78 is 12.5. The van der Waals surface area contributed by atoms with E-state index < -0.39 is 10.5 Å². The minimum Gasteiger partial charge on any atom is -0.447 e. The van der Waals surface area contributed by atoms with Gasteiger partial charge in [0.15, 0.2) is 0 Å². The van der Waals surface area contributed by atoms with E-state index in [1.165, 1.54) is 0 Å². The summed E-state index contributed by atoms with van der Waals surface area (Å²) in [5.41, 5.74) is 0. The molecule has 0 aromatic heterocycles. The Labute approximate surface area is 176 Å².